The van der Waals surface area contributed by atoms with E-state index in [4.69, 9.17) is 9.52 Å². The number of aliphatic carboxylic acids is 1. The van der Waals surface area contributed by atoms with E-state index in [1.54, 1.807) is 20.1 Å². The molecule has 0 unspecified atom stereocenters. The minimum Gasteiger partial charge on any atom is -0.481 e. The van der Waals surface area contributed by atoms with Crippen LogP contribution in [0.1, 0.15) is 13.8 Å². The summed E-state index contributed by atoms with van der Waals surface area (Å²) >= 11 is 1.52. The number of hydrogen-bond donors (Lipinski definition) is 1. The summed E-state index contributed by atoms with van der Waals surface area (Å²) in [6.07, 6.45) is 1.69. The van der Waals surface area contributed by atoms with Gasteiger partial charge in [-0.2, -0.15) is 0 Å². The van der Waals surface area contributed by atoms with E-state index in [2.05, 4.69) is 0 Å². The van der Waals surface area contributed by atoms with E-state index in [1.165, 1.54) is 11.8 Å². The van der Waals surface area contributed by atoms with Crippen LogP contribution in [0.4, 0.5) is 0 Å². The number of fused-ring (bicyclic) bond motifs is 1. The number of hydrogen-bond acceptors (Lipinski definition) is 3. The van der Waals surface area contributed by atoms with Crippen molar-refractivity contribution in [2.45, 2.75) is 18.7 Å². The number of furan rings is 1. The fourth-order valence-electron chi connectivity index (χ4n) is 1.39. The van der Waals surface area contributed by atoms with Gasteiger partial charge in [0.15, 0.2) is 0 Å². The lowest BCUT2D eigenvalue weighted by Crippen LogP contribution is -2.26. The molecule has 2 aromatic rings. The quantitative estimate of drug-likeness (QED) is 0.842. The minimum absolute atomic E-state index is 0.520. The average Bonchev–Trinajstić information content (AvgIpc) is 2.69. The summed E-state index contributed by atoms with van der Waals surface area (Å²) in [7, 11) is 0. The topological polar surface area (TPSA) is 50.4 Å². The Hall–Kier alpha value is -1.42. The standard InChI is InChI=1S/C13H14O3S/c1-13(2,12(14)15)8-17-11-7-16-10-6-4-3-5-9(10)11/h3-7H,8H2,1-2H3,(H,14,15). The van der Waals surface area contributed by atoms with E-state index in [9.17, 15) is 4.79 Å². The van der Waals surface area contributed by atoms with E-state index in [1.807, 2.05) is 24.3 Å². The highest BCUT2D eigenvalue weighted by molar-refractivity contribution is 7.99. The van der Waals surface area contributed by atoms with Crippen LogP contribution in [0.15, 0.2) is 39.8 Å². The van der Waals surface area contributed by atoms with Gasteiger partial charge in [-0.15, -0.1) is 11.8 Å². The summed E-state index contributed by atoms with van der Waals surface area (Å²) in [4.78, 5) is 12.0. The first-order valence-corrected chi connectivity index (χ1v) is 6.32. The predicted molar refractivity (Wildman–Crippen MR) is 68.4 cm³/mol. The number of benzene rings is 1. The summed E-state index contributed by atoms with van der Waals surface area (Å²) in [6.45, 7) is 3.45. The summed E-state index contributed by atoms with van der Waals surface area (Å²) in [6, 6.07) is 7.75. The molecule has 0 aliphatic carbocycles. The molecule has 1 aromatic heterocycles. The fraction of sp³-hybridized carbons (Fsp3) is 0.308. The van der Waals surface area contributed by atoms with Crippen molar-refractivity contribution in [1.29, 1.82) is 0 Å². The highest BCUT2D eigenvalue weighted by Gasteiger charge is 2.27. The first-order chi connectivity index (χ1) is 8.00. The molecule has 0 amide bonds. The maximum atomic E-state index is 11.0. The number of para-hydroxylation sites is 1. The molecule has 0 fully saturated rings. The van der Waals surface area contributed by atoms with Crippen LogP contribution in [-0.2, 0) is 4.79 Å². The average molecular weight is 250 g/mol. The van der Waals surface area contributed by atoms with Crippen molar-refractivity contribution in [2.24, 2.45) is 5.41 Å². The molecule has 1 N–H and O–H groups in total. The normalized spacial score (nSPS) is 11.9. The van der Waals surface area contributed by atoms with Crippen molar-refractivity contribution in [3.05, 3.63) is 30.5 Å². The van der Waals surface area contributed by atoms with E-state index in [0.29, 0.717) is 5.75 Å². The van der Waals surface area contributed by atoms with Crippen LogP contribution in [0.25, 0.3) is 11.0 Å². The lowest BCUT2D eigenvalue weighted by molar-refractivity contribution is -0.145. The lowest BCUT2D eigenvalue weighted by Gasteiger charge is -2.17. The molecule has 4 heteroatoms. The highest BCUT2D eigenvalue weighted by Crippen LogP contribution is 2.33. The van der Waals surface area contributed by atoms with Crippen LogP contribution in [0.5, 0.6) is 0 Å². The van der Waals surface area contributed by atoms with Gasteiger partial charge in [-0.1, -0.05) is 12.1 Å². The first kappa shape index (κ1) is 12.0. The molecule has 0 saturated heterocycles. The second-order valence-electron chi connectivity index (χ2n) is 4.57. The number of carboxylic acid groups (broad SMARTS) is 1. The largest absolute Gasteiger partial charge is 0.481 e. The zero-order valence-electron chi connectivity index (χ0n) is 9.77. The Labute approximate surface area is 104 Å². The maximum Gasteiger partial charge on any atom is 0.309 e. The van der Waals surface area contributed by atoms with E-state index in [-0.39, 0.29) is 0 Å². The molecule has 2 rings (SSSR count). The Kier molecular flexibility index (Phi) is 3.15. The van der Waals surface area contributed by atoms with Crippen molar-refractivity contribution < 1.29 is 14.3 Å². The second kappa shape index (κ2) is 4.45. The molecule has 0 radical (unpaired) electrons. The van der Waals surface area contributed by atoms with Gasteiger partial charge in [0.2, 0.25) is 0 Å². The number of thioether (sulfide) groups is 1. The number of carboxylic acids is 1. The molecular weight excluding hydrogens is 236 g/mol. The summed E-state index contributed by atoms with van der Waals surface area (Å²) in [5, 5.41) is 10.1. The van der Waals surface area contributed by atoms with Crippen LogP contribution in [-0.4, -0.2) is 16.8 Å². The molecule has 1 aromatic carbocycles. The fourth-order valence-corrected chi connectivity index (χ4v) is 2.47. The summed E-state index contributed by atoms with van der Waals surface area (Å²) in [5.74, 6) is -0.260. The summed E-state index contributed by atoms with van der Waals surface area (Å²) in [5.41, 5.74) is 0.103. The molecule has 0 bridgehead atoms. The van der Waals surface area contributed by atoms with Crippen molar-refractivity contribution in [3.63, 3.8) is 0 Å². The van der Waals surface area contributed by atoms with Gasteiger partial charge in [-0.05, 0) is 26.0 Å². The van der Waals surface area contributed by atoms with Crippen molar-refractivity contribution in [2.75, 3.05) is 5.75 Å². The second-order valence-corrected chi connectivity index (χ2v) is 5.59. The van der Waals surface area contributed by atoms with E-state index >= 15 is 0 Å². The number of carbonyl (C=O) groups is 1. The molecule has 0 atom stereocenters. The highest BCUT2D eigenvalue weighted by atomic mass is 32.2. The molecular formula is C13H14O3S. The third-order valence-electron chi connectivity index (χ3n) is 2.61. The van der Waals surface area contributed by atoms with Crippen molar-refractivity contribution >= 4 is 28.7 Å². The molecule has 17 heavy (non-hydrogen) atoms. The molecule has 90 valence electrons. The lowest BCUT2D eigenvalue weighted by atomic mass is 9.97. The molecule has 0 aliphatic rings. The third kappa shape index (κ3) is 2.47. The van der Waals surface area contributed by atoms with Gasteiger partial charge in [0, 0.05) is 11.1 Å². The SMILES string of the molecule is CC(C)(CSc1coc2ccccc12)C(=O)O. The van der Waals surface area contributed by atoms with Crippen LogP contribution < -0.4 is 0 Å². The van der Waals surface area contributed by atoms with E-state index < -0.39 is 11.4 Å². The van der Waals surface area contributed by atoms with Gasteiger partial charge in [0.05, 0.1) is 10.3 Å². The van der Waals surface area contributed by atoms with Gasteiger partial charge in [-0.25, -0.2) is 0 Å². The Morgan fingerprint density at radius 1 is 1.41 bits per heavy atom. The van der Waals surface area contributed by atoms with Gasteiger partial charge >= 0.3 is 5.97 Å². The maximum absolute atomic E-state index is 11.0. The molecule has 1 heterocycles. The zero-order valence-corrected chi connectivity index (χ0v) is 10.6. The van der Waals surface area contributed by atoms with Crippen molar-refractivity contribution in [1.82, 2.24) is 0 Å². The van der Waals surface area contributed by atoms with Crippen LogP contribution in [0, 0.1) is 5.41 Å². The smallest absolute Gasteiger partial charge is 0.309 e. The van der Waals surface area contributed by atoms with Crippen molar-refractivity contribution in [3.8, 4) is 0 Å². The van der Waals surface area contributed by atoms with Gasteiger partial charge in [-0.3, -0.25) is 4.79 Å². The Bertz CT molecular complexity index is 542. The van der Waals surface area contributed by atoms with Crippen LogP contribution in [0.2, 0.25) is 0 Å². The molecule has 0 spiro atoms. The summed E-state index contributed by atoms with van der Waals surface area (Å²) < 4.78 is 5.41. The molecule has 3 nitrogen and oxygen atoms in total. The molecule has 0 aliphatic heterocycles. The zero-order chi connectivity index (χ0) is 12.5. The third-order valence-corrected chi connectivity index (χ3v) is 4.11. The number of rotatable bonds is 4. The van der Waals surface area contributed by atoms with Crippen LogP contribution >= 0.6 is 11.8 Å². The Morgan fingerprint density at radius 3 is 2.82 bits per heavy atom. The first-order valence-electron chi connectivity index (χ1n) is 5.33. The van der Waals surface area contributed by atoms with Gasteiger partial charge in [0.25, 0.3) is 0 Å². The Balaban J connectivity index is 2.17. The Morgan fingerprint density at radius 2 is 2.12 bits per heavy atom. The van der Waals surface area contributed by atoms with Gasteiger partial charge in [0.1, 0.15) is 11.8 Å². The van der Waals surface area contributed by atoms with Crippen LogP contribution in [0.3, 0.4) is 0 Å². The predicted octanol–water partition coefficient (Wildman–Crippen LogP) is 3.64. The van der Waals surface area contributed by atoms with E-state index in [0.717, 1.165) is 15.9 Å². The van der Waals surface area contributed by atoms with Gasteiger partial charge < -0.3 is 9.52 Å². The molecule has 0 saturated carbocycles. The minimum atomic E-state index is -0.780. The monoisotopic (exact) mass is 250 g/mol.